The molecule has 1 aliphatic heterocycles. The first-order valence-corrected chi connectivity index (χ1v) is 5.31. The molecule has 3 N–H and O–H groups in total. The van der Waals surface area contributed by atoms with Crippen LogP contribution < -0.4 is 5.32 Å². The highest BCUT2D eigenvalue weighted by Gasteiger charge is 2.36. The number of aliphatic hydroxyl groups excluding tert-OH is 2. The standard InChI is InChI=1S/C9H19NO.C2H6O/c1-8(2)5-7(11)6-9(3,4)10-8;1-2-3/h7,10-11H,5-6H2,1-4H3;3H,2H2,1H3. The number of aliphatic hydroxyl groups is 2. The molecule has 0 amide bonds. The van der Waals surface area contributed by atoms with Gasteiger partial charge in [0.2, 0.25) is 0 Å². The molecule has 0 aliphatic carbocycles. The molecule has 0 atom stereocenters. The van der Waals surface area contributed by atoms with E-state index in [0.29, 0.717) is 0 Å². The van der Waals surface area contributed by atoms with Crippen molar-refractivity contribution in [2.45, 2.75) is 64.6 Å². The van der Waals surface area contributed by atoms with Crippen LogP contribution in [0.25, 0.3) is 0 Å². The van der Waals surface area contributed by atoms with Crippen LogP contribution in [0.15, 0.2) is 0 Å². The van der Waals surface area contributed by atoms with E-state index in [2.05, 4.69) is 33.0 Å². The topological polar surface area (TPSA) is 52.5 Å². The lowest BCUT2D eigenvalue weighted by molar-refractivity contribution is 0.0396. The molecule has 0 radical (unpaired) electrons. The summed E-state index contributed by atoms with van der Waals surface area (Å²) in [6.07, 6.45) is 1.58. The van der Waals surface area contributed by atoms with E-state index < -0.39 is 0 Å². The number of hydrogen-bond acceptors (Lipinski definition) is 3. The number of hydrogen-bond donors (Lipinski definition) is 3. The summed E-state index contributed by atoms with van der Waals surface area (Å²) < 4.78 is 0. The molecule has 0 aromatic heterocycles. The molecule has 1 rings (SSSR count). The third kappa shape index (κ3) is 5.58. The van der Waals surface area contributed by atoms with Crippen LogP contribution in [0.3, 0.4) is 0 Å². The van der Waals surface area contributed by atoms with Gasteiger partial charge in [-0.2, -0.15) is 0 Å². The highest BCUT2D eigenvalue weighted by atomic mass is 16.3. The van der Waals surface area contributed by atoms with Gasteiger partial charge in [0.15, 0.2) is 0 Å². The van der Waals surface area contributed by atoms with Crippen LogP contribution in [0.1, 0.15) is 47.5 Å². The largest absolute Gasteiger partial charge is 0.397 e. The molecule has 14 heavy (non-hydrogen) atoms. The van der Waals surface area contributed by atoms with Crippen molar-refractivity contribution in [3.8, 4) is 0 Å². The Morgan fingerprint density at radius 2 is 1.43 bits per heavy atom. The minimum absolute atomic E-state index is 0.0845. The summed E-state index contributed by atoms with van der Waals surface area (Å²) >= 11 is 0. The van der Waals surface area contributed by atoms with Gasteiger partial charge in [-0.15, -0.1) is 0 Å². The van der Waals surface area contributed by atoms with Crippen LogP contribution in [0, 0.1) is 0 Å². The molecule has 1 heterocycles. The zero-order valence-corrected chi connectivity index (χ0v) is 10.1. The van der Waals surface area contributed by atoms with E-state index in [0.717, 1.165) is 12.8 Å². The molecular weight excluding hydrogens is 178 g/mol. The van der Waals surface area contributed by atoms with Crippen molar-refractivity contribution in [2.24, 2.45) is 0 Å². The average Bonchev–Trinajstić information content (AvgIpc) is 1.77. The van der Waals surface area contributed by atoms with Gasteiger partial charge in [0, 0.05) is 17.7 Å². The Morgan fingerprint density at radius 1 is 1.14 bits per heavy atom. The van der Waals surface area contributed by atoms with E-state index in [1.54, 1.807) is 6.92 Å². The molecule has 1 fully saturated rings. The predicted molar refractivity (Wildman–Crippen MR) is 59.3 cm³/mol. The van der Waals surface area contributed by atoms with Crippen LogP contribution in [0.4, 0.5) is 0 Å². The van der Waals surface area contributed by atoms with Crippen molar-refractivity contribution in [2.75, 3.05) is 6.61 Å². The second kappa shape index (κ2) is 5.10. The molecule has 1 saturated heterocycles. The number of nitrogens with one attached hydrogen (secondary N) is 1. The van der Waals surface area contributed by atoms with Gasteiger partial charge in [-0.05, 0) is 47.5 Å². The van der Waals surface area contributed by atoms with Gasteiger partial charge in [0.25, 0.3) is 0 Å². The van der Waals surface area contributed by atoms with E-state index in [1.165, 1.54) is 0 Å². The van der Waals surface area contributed by atoms with E-state index >= 15 is 0 Å². The fourth-order valence-electron chi connectivity index (χ4n) is 2.27. The van der Waals surface area contributed by atoms with Crippen molar-refractivity contribution in [3.05, 3.63) is 0 Å². The third-order valence-corrected chi connectivity index (χ3v) is 2.17. The molecule has 1 aliphatic rings. The van der Waals surface area contributed by atoms with Crippen LogP contribution >= 0.6 is 0 Å². The monoisotopic (exact) mass is 203 g/mol. The fourth-order valence-corrected chi connectivity index (χ4v) is 2.27. The molecule has 0 saturated carbocycles. The Morgan fingerprint density at radius 3 is 1.64 bits per heavy atom. The maximum Gasteiger partial charge on any atom is 0.0575 e. The Bertz CT molecular complexity index is 151. The maximum atomic E-state index is 9.54. The Balaban J connectivity index is 0.000000500. The predicted octanol–water partition coefficient (Wildman–Crippen LogP) is 1.29. The van der Waals surface area contributed by atoms with Gasteiger partial charge in [-0.25, -0.2) is 0 Å². The van der Waals surface area contributed by atoms with Crippen LogP contribution in [0.5, 0.6) is 0 Å². The smallest absolute Gasteiger partial charge is 0.0575 e. The highest BCUT2D eigenvalue weighted by Crippen LogP contribution is 2.27. The minimum Gasteiger partial charge on any atom is -0.397 e. The average molecular weight is 203 g/mol. The molecule has 0 aromatic carbocycles. The van der Waals surface area contributed by atoms with Crippen molar-refractivity contribution < 1.29 is 10.2 Å². The maximum absolute atomic E-state index is 9.54. The summed E-state index contributed by atoms with van der Waals surface area (Å²) in [7, 11) is 0. The lowest BCUT2D eigenvalue weighted by Crippen LogP contribution is -2.59. The quantitative estimate of drug-likeness (QED) is 0.556. The fraction of sp³-hybridized carbons (Fsp3) is 1.00. The van der Waals surface area contributed by atoms with Gasteiger partial charge in [0.1, 0.15) is 0 Å². The number of piperidine rings is 1. The zero-order chi connectivity index (χ0) is 11.4. The normalized spacial score (nSPS) is 25.1. The first-order valence-electron chi connectivity index (χ1n) is 5.31. The van der Waals surface area contributed by atoms with E-state index in [-0.39, 0.29) is 23.8 Å². The van der Waals surface area contributed by atoms with Gasteiger partial charge in [-0.3, -0.25) is 0 Å². The zero-order valence-electron chi connectivity index (χ0n) is 10.1. The molecule has 0 bridgehead atoms. The first kappa shape index (κ1) is 13.9. The number of rotatable bonds is 0. The van der Waals surface area contributed by atoms with E-state index in [4.69, 9.17) is 5.11 Å². The van der Waals surface area contributed by atoms with Gasteiger partial charge in [-0.1, -0.05) is 0 Å². The van der Waals surface area contributed by atoms with Crippen molar-refractivity contribution in [1.82, 2.24) is 5.32 Å². The van der Waals surface area contributed by atoms with E-state index in [1.807, 2.05) is 0 Å². The minimum atomic E-state index is -0.138. The highest BCUT2D eigenvalue weighted by molar-refractivity contribution is 4.96. The summed E-state index contributed by atoms with van der Waals surface area (Å²) in [5.41, 5.74) is 0.169. The molecule has 3 nitrogen and oxygen atoms in total. The molecule has 0 spiro atoms. The molecule has 0 unspecified atom stereocenters. The second-order valence-electron chi connectivity index (χ2n) is 5.27. The Kier molecular flexibility index (Phi) is 5.06. The van der Waals surface area contributed by atoms with Crippen LogP contribution in [-0.4, -0.2) is 34.0 Å². The summed E-state index contributed by atoms with van der Waals surface area (Å²) in [4.78, 5) is 0. The molecule has 86 valence electrons. The second-order valence-corrected chi connectivity index (χ2v) is 5.27. The summed E-state index contributed by atoms with van der Waals surface area (Å²) in [6, 6.07) is 0. The van der Waals surface area contributed by atoms with Crippen molar-refractivity contribution in [1.29, 1.82) is 0 Å². The third-order valence-electron chi connectivity index (χ3n) is 2.17. The van der Waals surface area contributed by atoms with Crippen LogP contribution in [0.2, 0.25) is 0 Å². The van der Waals surface area contributed by atoms with Crippen LogP contribution in [-0.2, 0) is 0 Å². The summed E-state index contributed by atoms with van der Waals surface area (Å²) in [5.74, 6) is 0. The molecule has 0 aromatic rings. The summed E-state index contributed by atoms with van der Waals surface area (Å²) in [5, 5.41) is 20.6. The summed E-state index contributed by atoms with van der Waals surface area (Å²) in [6.45, 7) is 10.5. The van der Waals surface area contributed by atoms with Gasteiger partial charge >= 0.3 is 0 Å². The Labute approximate surface area is 87.5 Å². The van der Waals surface area contributed by atoms with Gasteiger partial charge in [0.05, 0.1) is 6.10 Å². The SMILES string of the molecule is CC1(C)CC(O)CC(C)(C)N1.CCO. The lowest BCUT2D eigenvalue weighted by Gasteiger charge is -2.44. The molecule has 3 heteroatoms. The van der Waals surface area contributed by atoms with Gasteiger partial charge < -0.3 is 15.5 Å². The van der Waals surface area contributed by atoms with Crippen molar-refractivity contribution >= 4 is 0 Å². The Hall–Kier alpha value is -0.120. The van der Waals surface area contributed by atoms with Crippen molar-refractivity contribution in [3.63, 3.8) is 0 Å². The lowest BCUT2D eigenvalue weighted by atomic mass is 9.81. The molecular formula is C11H25NO2. The van der Waals surface area contributed by atoms with E-state index in [9.17, 15) is 5.11 Å². The first-order chi connectivity index (χ1) is 6.22.